The Morgan fingerprint density at radius 3 is 2.27 bits per heavy atom. The van der Waals surface area contributed by atoms with Crippen molar-refractivity contribution >= 4 is 27.6 Å². The van der Waals surface area contributed by atoms with Crippen LogP contribution in [0.2, 0.25) is 0 Å². The van der Waals surface area contributed by atoms with E-state index in [0.29, 0.717) is 18.0 Å². The van der Waals surface area contributed by atoms with Crippen molar-refractivity contribution < 1.29 is 18.0 Å². The second kappa shape index (κ2) is 9.25. The zero-order valence-corrected chi connectivity index (χ0v) is 17.8. The lowest BCUT2D eigenvalue weighted by molar-refractivity contribution is -0.184. The third kappa shape index (κ3) is 5.35. The highest BCUT2D eigenvalue weighted by Gasteiger charge is 2.42. The molecule has 1 aromatic rings. The van der Waals surface area contributed by atoms with Crippen LogP contribution >= 0.6 is 11.3 Å². The number of hydrogen-bond donors (Lipinski definition) is 2. The van der Waals surface area contributed by atoms with Crippen molar-refractivity contribution in [2.45, 2.75) is 69.6 Å². The highest BCUT2D eigenvalue weighted by Crippen LogP contribution is 2.39. The molecule has 2 amide bonds. The molecule has 0 bridgehead atoms. The third-order valence-electron chi connectivity index (χ3n) is 6.59. The number of carbonyl (C=O) groups excluding carboxylic acids is 1. The maximum Gasteiger partial charge on any atom is 0.391 e. The van der Waals surface area contributed by atoms with Gasteiger partial charge in [0.25, 0.3) is 0 Å². The number of hydrogen-bond acceptors (Lipinski definition) is 6. The van der Waals surface area contributed by atoms with E-state index in [-0.39, 0.29) is 31.0 Å². The minimum atomic E-state index is -4.05. The normalized spacial score (nSPS) is 26.7. The molecule has 0 spiro atoms. The zero-order chi connectivity index (χ0) is 21.1. The molecule has 0 radical (unpaired) electrons. The molecule has 0 atom stereocenters. The minimum absolute atomic E-state index is 0.233. The van der Waals surface area contributed by atoms with E-state index in [9.17, 15) is 18.0 Å². The van der Waals surface area contributed by atoms with Crippen LogP contribution in [0.1, 0.15) is 51.4 Å². The number of alkyl halides is 3. The van der Waals surface area contributed by atoms with Gasteiger partial charge in [-0.3, -0.25) is 10.2 Å². The maximum absolute atomic E-state index is 12.9. The molecule has 0 unspecified atom stereocenters. The Labute approximate surface area is 178 Å². The van der Waals surface area contributed by atoms with Gasteiger partial charge < -0.3 is 10.2 Å². The van der Waals surface area contributed by atoms with Gasteiger partial charge in [-0.25, -0.2) is 4.79 Å². The average Bonchev–Trinajstić information content (AvgIpc) is 3.40. The van der Waals surface area contributed by atoms with Crippen LogP contribution in [-0.4, -0.2) is 65.6 Å². The molecule has 2 N–H and O–H groups in total. The Morgan fingerprint density at radius 2 is 1.63 bits per heavy atom. The summed E-state index contributed by atoms with van der Waals surface area (Å²) in [6.45, 7) is 3.15. The lowest BCUT2D eigenvalue weighted by atomic mass is 9.84. The van der Waals surface area contributed by atoms with Crippen molar-refractivity contribution in [1.29, 1.82) is 0 Å². The first-order valence-corrected chi connectivity index (χ1v) is 11.7. The Hall–Kier alpha value is -1.62. The van der Waals surface area contributed by atoms with E-state index in [1.54, 1.807) is 0 Å². The van der Waals surface area contributed by atoms with Crippen LogP contribution in [-0.2, 0) is 0 Å². The van der Waals surface area contributed by atoms with Gasteiger partial charge in [0.2, 0.25) is 10.3 Å². The van der Waals surface area contributed by atoms with Crippen molar-refractivity contribution in [3.8, 4) is 0 Å². The summed E-state index contributed by atoms with van der Waals surface area (Å²) in [5.74, 6) is -1.13. The number of amides is 2. The maximum atomic E-state index is 12.9. The second-order valence-electron chi connectivity index (χ2n) is 8.54. The van der Waals surface area contributed by atoms with E-state index in [1.165, 1.54) is 11.3 Å². The molecule has 0 aromatic carbocycles. The van der Waals surface area contributed by atoms with Gasteiger partial charge in [-0.05, 0) is 38.5 Å². The topological polar surface area (TPSA) is 73.4 Å². The first kappa shape index (κ1) is 21.6. The minimum Gasteiger partial charge on any atom is -0.344 e. The molecular weight excluding hydrogens is 417 g/mol. The van der Waals surface area contributed by atoms with E-state index in [0.717, 1.165) is 57.0 Å². The second-order valence-corrected chi connectivity index (χ2v) is 9.50. The quantitative estimate of drug-likeness (QED) is 0.735. The van der Waals surface area contributed by atoms with Gasteiger partial charge in [-0.15, -0.1) is 10.2 Å². The van der Waals surface area contributed by atoms with E-state index in [2.05, 4.69) is 30.6 Å². The van der Waals surface area contributed by atoms with Gasteiger partial charge in [-0.1, -0.05) is 24.2 Å². The summed E-state index contributed by atoms with van der Waals surface area (Å²) < 4.78 is 38.6. The van der Waals surface area contributed by atoms with Crippen LogP contribution in [0, 0.1) is 5.92 Å². The monoisotopic (exact) mass is 446 g/mol. The molecule has 2 aliphatic carbocycles. The number of urea groups is 1. The van der Waals surface area contributed by atoms with E-state index in [1.807, 2.05) is 0 Å². The Morgan fingerprint density at radius 1 is 0.967 bits per heavy atom. The van der Waals surface area contributed by atoms with Crippen molar-refractivity contribution in [3.05, 3.63) is 0 Å². The van der Waals surface area contributed by atoms with Crippen molar-refractivity contribution in [1.82, 2.24) is 20.4 Å². The van der Waals surface area contributed by atoms with Crippen molar-refractivity contribution in [3.63, 3.8) is 0 Å². The third-order valence-corrected chi connectivity index (χ3v) is 7.49. The summed E-state index contributed by atoms with van der Waals surface area (Å²) in [6, 6.07) is 0.261. The van der Waals surface area contributed by atoms with Gasteiger partial charge >= 0.3 is 12.2 Å². The summed E-state index contributed by atoms with van der Waals surface area (Å²) >= 11 is 1.35. The van der Waals surface area contributed by atoms with Crippen LogP contribution in [0.15, 0.2) is 0 Å². The van der Waals surface area contributed by atoms with Crippen LogP contribution < -0.4 is 15.5 Å². The standard InChI is InChI=1S/C19H29F3N6OS/c20-19(21,22)13-5-7-15(8-6-13)27-9-11-28(12-10-27)18-26-25-17(30-18)24-16(29)23-14-3-1-2-4-14/h13-15H,1-12H2,(H2,23,24,25,29). The van der Waals surface area contributed by atoms with Crippen LogP contribution in [0.3, 0.4) is 0 Å². The molecular formula is C19H29F3N6OS. The molecule has 7 nitrogen and oxygen atoms in total. The van der Waals surface area contributed by atoms with Gasteiger partial charge in [0.15, 0.2) is 0 Å². The Bertz CT molecular complexity index is 707. The number of carbonyl (C=O) groups is 1. The molecule has 1 aliphatic heterocycles. The molecule has 168 valence electrons. The Balaban J connectivity index is 1.21. The van der Waals surface area contributed by atoms with Crippen LogP contribution in [0.5, 0.6) is 0 Å². The summed E-state index contributed by atoms with van der Waals surface area (Å²) in [4.78, 5) is 16.5. The largest absolute Gasteiger partial charge is 0.391 e. The van der Waals surface area contributed by atoms with Crippen molar-refractivity contribution in [2.24, 2.45) is 5.92 Å². The molecule has 2 heterocycles. The van der Waals surface area contributed by atoms with Crippen LogP contribution in [0.4, 0.5) is 28.2 Å². The fourth-order valence-electron chi connectivity index (χ4n) is 4.83. The molecule has 1 saturated heterocycles. The van der Waals surface area contributed by atoms with E-state index >= 15 is 0 Å². The number of piperazine rings is 1. The molecule has 4 rings (SSSR count). The lowest BCUT2D eigenvalue weighted by Gasteiger charge is -2.42. The van der Waals surface area contributed by atoms with E-state index < -0.39 is 12.1 Å². The number of rotatable bonds is 4. The van der Waals surface area contributed by atoms with Crippen LogP contribution in [0.25, 0.3) is 0 Å². The summed E-state index contributed by atoms with van der Waals surface area (Å²) in [6.07, 6.45) is 2.02. The smallest absolute Gasteiger partial charge is 0.344 e. The van der Waals surface area contributed by atoms with E-state index in [4.69, 9.17) is 0 Å². The number of halogens is 3. The van der Waals surface area contributed by atoms with Gasteiger partial charge in [0, 0.05) is 38.3 Å². The zero-order valence-electron chi connectivity index (χ0n) is 17.0. The number of nitrogens with one attached hydrogen (secondary N) is 2. The highest BCUT2D eigenvalue weighted by molar-refractivity contribution is 7.19. The number of aromatic nitrogens is 2. The molecule has 2 saturated carbocycles. The average molecular weight is 447 g/mol. The van der Waals surface area contributed by atoms with Gasteiger partial charge in [0.05, 0.1) is 5.92 Å². The molecule has 3 aliphatic rings. The summed E-state index contributed by atoms with van der Waals surface area (Å²) in [5.41, 5.74) is 0. The fraction of sp³-hybridized carbons (Fsp3) is 0.842. The summed E-state index contributed by atoms with van der Waals surface area (Å²) in [5, 5.41) is 15.3. The molecule has 30 heavy (non-hydrogen) atoms. The SMILES string of the molecule is O=C(Nc1nnc(N2CCN(C3CCC(C(F)(F)F)CC3)CC2)s1)NC1CCCC1. The molecule has 11 heteroatoms. The van der Waals surface area contributed by atoms with Gasteiger partial charge in [0.1, 0.15) is 0 Å². The first-order valence-electron chi connectivity index (χ1n) is 10.9. The first-order chi connectivity index (χ1) is 14.4. The summed E-state index contributed by atoms with van der Waals surface area (Å²) in [7, 11) is 0. The predicted molar refractivity (Wildman–Crippen MR) is 110 cm³/mol. The Kier molecular flexibility index (Phi) is 6.66. The number of anilines is 2. The van der Waals surface area contributed by atoms with Gasteiger partial charge in [-0.2, -0.15) is 13.2 Å². The lowest BCUT2D eigenvalue weighted by Crippen LogP contribution is -2.51. The number of nitrogens with zero attached hydrogens (tertiary/aromatic N) is 4. The fourth-order valence-corrected chi connectivity index (χ4v) is 5.62. The highest BCUT2D eigenvalue weighted by atomic mass is 32.1. The molecule has 3 fully saturated rings. The predicted octanol–water partition coefficient (Wildman–Crippen LogP) is 3.85. The molecule has 1 aromatic heterocycles. The van der Waals surface area contributed by atoms with Crippen molar-refractivity contribution in [2.75, 3.05) is 36.4 Å².